The average molecular weight is 356 g/mol. The van der Waals surface area contributed by atoms with Crippen molar-refractivity contribution in [2.24, 2.45) is 0 Å². The molecule has 126 valence electrons. The van der Waals surface area contributed by atoms with Crippen molar-refractivity contribution in [2.45, 2.75) is 19.1 Å². The van der Waals surface area contributed by atoms with Gasteiger partial charge in [-0.25, -0.2) is 0 Å². The maximum Gasteiger partial charge on any atom is 0.261 e. The number of nitrogens with zero attached hydrogens (tertiary/aromatic N) is 2. The van der Waals surface area contributed by atoms with E-state index in [2.05, 4.69) is 15.5 Å². The summed E-state index contributed by atoms with van der Waals surface area (Å²) in [6, 6.07) is 14.8. The van der Waals surface area contributed by atoms with Crippen LogP contribution in [0.5, 0.6) is 5.75 Å². The van der Waals surface area contributed by atoms with Crippen LogP contribution in [0, 0.1) is 0 Å². The molecule has 0 saturated carbocycles. The average Bonchev–Trinajstić information content (AvgIpc) is 3.27. The summed E-state index contributed by atoms with van der Waals surface area (Å²) in [5.41, 5.74) is 1.76. The first-order valence-corrected chi connectivity index (χ1v) is 8.17. The van der Waals surface area contributed by atoms with Gasteiger partial charge < -0.3 is 14.6 Å². The molecule has 2 heterocycles. The monoisotopic (exact) mass is 355 g/mol. The molecule has 7 heteroatoms. The van der Waals surface area contributed by atoms with Crippen molar-refractivity contribution in [3.8, 4) is 17.2 Å². The van der Waals surface area contributed by atoms with Crippen molar-refractivity contribution in [1.82, 2.24) is 15.5 Å². The Morgan fingerprint density at radius 3 is 2.92 bits per heavy atom. The summed E-state index contributed by atoms with van der Waals surface area (Å²) in [7, 11) is 0. The van der Waals surface area contributed by atoms with Crippen LogP contribution in [0.3, 0.4) is 0 Å². The van der Waals surface area contributed by atoms with Gasteiger partial charge in [-0.3, -0.25) is 4.79 Å². The van der Waals surface area contributed by atoms with Crippen molar-refractivity contribution in [2.75, 3.05) is 0 Å². The molecule has 1 aliphatic heterocycles. The number of fused-ring (bicyclic) bond motifs is 1. The van der Waals surface area contributed by atoms with Gasteiger partial charge in [-0.2, -0.15) is 4.98 Å². The number of halogens is 1. The lowest BCUT2D eigenvalue weighted by Crippen LogP contribution is -2.37. The highest BCUT2D eigenvalue weighted by Crippen LogP contribution is 2.31. The predicted molar refractivity (Wildman–Crippen MR) is 91.2 cm³/mol. The summed E-state index contributed by atoms with van der Waals surface area (Å²) < 4.78 is 10.9. The quantitative estimate of drug-likeness (QED) is 0.778. The molecule has 1 amide bonds. The second kappa shape index (κ2) is 6.57. The molecular weight excluding hydrogens is 342 g/mol. The van der Waals surface area contributed by atoms with E-state index >= 15 is 0 Å². The van der Waals surface area contributed by atoms with Crippen LogP contribution in [0.1, 0.15) is 11.4 Å². The van der Waals surface area contributed by atoms with Crippen LogP contribution < -0.4 is 10.1 Å². The number of hydrogen-bond acceptors (Lipinski definition) is 5. The maximum atomic E-state index is 12.3. The number of amides is 1. The zero-order valence-corrected chi connectivity index (χ0v) is 13.9. The van der Waals surface area contributed by atoms with Crippen LogP contribution in [-0.4, -0.2) is 22.2 Å². The highest BCUT2D eigenvalue weighted by atomic mass is 35.5. The minimum Gasteiger partial charge on any atom is -0.480 e. The van der Waals surface area contributed by atoms with Gasteiger partial charge >= 0.3 is 0 Å². The van der Waals surface area contributed by atoms with Crippen molar-refractivity contribution < 1.29 is 14.1 Å². The lowest BCUT2D eigenvalue weighted by Gasteiger charge is -2.09. The summed E-state index contributed by atoms with van der Waals surface area (Å²) in [5, 5.41) is 7.28. The molecule has 0 radical (unpaired) electrons. The normalized spacial score (nSPS) is 15.5. The third-order valence-corrected chi connectivity index (χ3v) is 4.13. The van der Waals surface area contributed by atoms with Crippen molar-refractivity contribution in [1.29, 1.82) is 0 Å². The topological polar surface area (TPSA) is 77.3 Å². The van der Waals surface area contributed by atoms with Crippen molar-refractivity contribution >= 4 is 17.5 Å². The molecule has 1 unspecified atom stereocenters. The summed E-state index contributed by atoms with van der Waals surface area (Å²) >= 11 is 5.96. The first kappa shape index (κ1) is 15.7. The standard InChI is InChI=1S/C18H14ClN3O3/c19-13-6-7-14-12(8-13)9-15(24-14)17(23)20-10-16-21-18(25-22-16)11-4-2-1-3-5-11/h1-8,15H,9-10H2,(H,20,23). The fourth-order valence-corrected chi connectivity index (χ4v) is 2.86. The van der Waals surface area contributed by atoms with E-state index in [1.807, 2.05) is 36.4 Å². The molecular formula is C18H14ClN3O3. The highest BCUT2D eigenvalue weighted by Gasteiger charge is 2.29. The van der Waals surface area contributed by atoms with E-state index < -0.39 is 6.10 Å². The second-order valence-electron chi connectivity index (χ2n) is 5.66. The van der Waals surface area contributed by atoms with Gasteiger partial charge in [0, 0.05) is 17.0 Å². The molecule has 0 bridgehead atoms. The zero-order chi connectivity index (χ0) is 17.2. The van der Waals surface area contributed by atoms with E-state index in [-0.39, 0.29) is 12.5 Å². The number of aromatic nitrogens is 2. The Morgan fingerprint density at radius 1 is 1.24 bits per heavy atom. The van der Waals surface area contributed by atoms with Gasteiger partial charge in [0.15, 0.2) is 11.9 Å². The Kier molecular flexibility index (Phi) is 4.11. The number of benzene rings is 2. The van der Waals surface area contributed by atoms with E-state index in [0.29, 0.717) is 28.9 Å². The fraction of sp³-hybridized carbons (Fsp3) is 0.167. The lowest BCUT2D eigenvalue weighted by atomic mass is 10.1. The molecule has 1 atom stereocenters. The number of carbonyl (C=O) groups is 1. The van der Waals surface area contributed by atoms with Gasteiger partial charge in [-0.15, -0.1) is 0 Å². The summed E-state index contributed by atoms with van der Waals surface area (Å²) in [4.78, 5) is 16.6. The van der Waals surface area contributed by atoms with Crippen LogP contribution in [-0.2, 0) is 17.8 Å². The van der Waals surface area contributed by atoms with E-state index in [1.165, 1.54) is 0 Å². The summed E-state index contributed by atoms with van der Waals surface area (Å²) in [5.74, 6) is 1.30. The number of carbonyl (C=O) groups excluding carboxylic acids is 1. The van der Waals surface area contributed by atoms with Crippen LogP contribution in [0.2, 0.25) is 5.02 Å². The Bertz CT molecular complexity index is 911. The van der Waals surface area contributed by atoms with Crippen LogP contribution in [0.25, 0.3) is 11.5 Å². The molecule has 1 aromatic heterocycles. The molecule has 6 nitrogen and oxygen atoms in total. The zero-order valence-electron chi connectivity index (χ0n) is 13.1. The SMILES string of the molecule is O=C(NCc1noc(-c2ccccc2)n1)C1Cc2cc(Cl)ccc2O1. The highest BCUT2D eigenvalue weighted by molar-refractivity contribution is 6.30. The van der Waals surface area contributed by atoms with Crippen molar-refractivity contribution in [3.63, 3.8) is 0 Å². The third-order valence-electron chi connectivity index (χ3n) is 3.90. The van der Waals surface area contributed by atoms with E-state index in [1.54, 1.807) is 12.1 Å². The molecule has 0 aliphatic carbocycles. The molecule has 1 N–H and O–H groups in total. The summed E-state index contributed by atoms with van der Waals surface area (Å²) in [6.07, 6.45) is -0.0857. The van der Waals surface area contributed by atoms with Gasteiger partial charge in [0.1, 0.15) is 5.75 Å². The Hall–Kier alpha value is -2.86. The van der Waals surface area contributed by atoms with E-state index in [4.69, 9.17) is 20.9 Å². The largest absolute Gasteiger partial charge is 0.480 e. The molecule has 0 spiro atoms. The van der Waals surface area contributed by atoms with Crippen LogP contribution in [0.15, 0.2) is 53.1 Å². The third kappa shape index (κ3) is 3.34. The van der Waals surface area contributed by atoms with E-state index in [9.17, 15) is 4.79 Å². The molecule has 25 heavy (non-hydrogen) atoms. The van der Waals surface area contributed by atoms with Gasteiger partial charge in [0.2, 0.25) is 0 Å². The van der Waals surface area contributed by atoms with Gasteiger partial charge in [0.05, 0.1) is 6.54 Å². The Labute approximate surface area is 148 Å². The second-order valence-corrected chi connectivity index (χ2v) is 6.10. The first-order valence-electron chi connectivity index (χ1n) is 7.80. The Morgan fingerprint density at radius 2 is 2.08 bits per heavy atom. The fourth-order valence-electron chi connectivity index (χ4n) is 2.67. The van der Waals surface area contributed by atoms with E-state index in [0.717, 1.165) is 11.1 Å². The maximum absolute atomic E-state index is 12.3. The van der Waals surface area contributed by atoms with Crippen LogP contribution >= 0.6 is 11.6 Å². The molecule has 0 saturated heterocycles. The van der Waals surface area contributed by atoms with Gasteiger partial charge in [-0.1, -0.05) is 35.0 Å². The van der Waals surface area contributed by atoms with Gasteiger partial charge in [-0.05, 0) is 35.9 Å². The smallest absolute Gasteiger partial charge is 0.261 e. The van der Waals surface area contributed by atoms with Gasteiger partial charge in [0.25, 0.3) is 11.8 Å². The number of rotatable bonds is 4. The van der Waals surface area contributed by atoms with Crippen molar-refractivity contribution in [3.05, 3.63) is 64.9 Å². The predicted octanol–water partition coefficient (Wildman–Crippen LogP) is 3.01. The van der Waals surface area contributed by atoms with Crippen LogP contribution in [0.4, 0.5) is 0 Å². The molecule has 0 fully saturated rings. The lowest BCUT2D eigenvalue weighted by molar-refractivity contribution is -0.127. The molecule has 4 rings (SSSR count). The number of ether oxygens (including phenoxy) is 1. The number of nitrogens with one attached hydrogen (secondary N) is 1. The summed E-state index contributed by atoms with van der Waals surface area (Å²) in [6.45, 7) is 0.173. The first-order chi connectivity index (χ1) is 12.2. The molecule has 2 aromatic carbocycles. The molecule has 3 aromatic rings. The minimum atomic E-state index is -0.575. The minimum absolute atomic E-state index is 0.173. The molecule has 1 aliphatic rings. The number of hydrogen-bond donors (Lipinski definition) is 1. The Balaban J connectivity index is 1.36.